The second-order valence-electron chi connectivity index (χ2n) is 9.42. The Morgan fingerprint density at radius 3 is 2.64 bits per heavy atom. The minimum atomic E-state index is -0.859. The molecule has 0 amide bonds. The van der Waals surface area contributed by atoms with E-state index in [1.165, 1.54) is 12.1 Å². The molecule has 0 unspecified atom stereocenters. The van der Waals surface area contributed by atoms with E-state index in [-0.39, 0.29) is 23.7 Å². The average molecular weight is 448 g/mol. The van der Waals surface area contributed by atoms with Gasteiger partial charge in [-0.2, -0.15) is 10.4 Å². The Bertz CT molecular complexity index is 1440. The van der Waals surface area contributed by atoms with E-state index in [1.54, 1.807) is 18.3 Å². The fourth-order valence-corrected chi connectivity index (χ4v) is 5.09. The summed E-state index contributed by atoms with van der Waals surface area (Å²) in [6.07, 6.45) is 2.51. The first-order valence-electron chi connectivity index (χ1n) is 10.8. The lowest BCUT2D eigenvalue weighted by atomic mass is 9.68. The van der Waals surface area contributed by atoms with Crippen molar-refractivity contribution in [3.63, 3.8) is 0 Å². The van der Waals surface area contributed by atoms with E-state index in [4.69, 9.17) is 0 Å². The zero-order chi connectivity index (χ0) is 23.5. The van der Waals surface area contributed by atoms with Gasteiger partial charge in [-0.25, -0.2) is 8.78 Å². The van der Waals surface area contributed by atoms with E-state index in [9.17, 15) is 19.6 Å². The molecular weight excluding hydrogens is 426 g/mol. The van der Waals surface area contributed by atoms with Crippen molar-refractivity contribution < 1.29 is 18.7 Å². The van der Waals surface area contributed by atoms with Gasteiger partial charge in [0.1, 0.15) is 11.3 Å². The van der Waals surface area contributed by atoms with Gasteiger partial charge < -0.3 is 9.67 Å². The van der Waals surface area contributed by atoms with E-state index < -0.39 is 23.1 Å². The van der Waals surface area contributed by atoms with Crippen molar-refractivity contribution >= 4 is 27.8 Å². The first-order chi connectivity index (χ1) is 15.7. The molecule has 0 saturated heterocycles. The van der Waals surface area contributed by atoms with Crippen molar-refractivity contribution in [2.24, 2.45) is 5.92 Å². The van der Waals surface area contributed by atoms with Crippen molar-refractivity contribution in [3.8, 4) is 11.8 Å². The van der Waals surface area contributed by atoms with Crippen LogP contribution in [-0.2, 0) is 10.2 Å². The van der Waals surface area contributed by atoms with Gasteiger partial charge in [0.2, 0.25) is 0 Å². The molecule has 0 aliphatic heterocycles. The zero-order valence-corrected chi connectivity index (χ0v) is 18.2. The molecule has 0 atom stereocenters. The largest absolute Gasteiger partial charge is 0.481 e. The highest BCUT2D eigenvalue weighted by molar-refractivity contribution is 6.00. The quantitative estimate of drug-likeness (QED) is 0.418. The van der Waals surface area contributed by atoms with Gasteiger partial charge in [0.15, 0.2) is 5.82 Å². The Hall–Kier alpha value is -3.73. The topological polar surface area (TPSA) is 94.7 Å². The summed E-state index contributed by atoms with van der Waals surface area (Å²) in [6, 6.07) is 10.0. The summed E-state index contributed by atoms with van der Waals surface area (Å²) in [5, 5.41) is 26.7. The molecule has 2 heterocycles. The number of nitriles is 1. The van der Waals surface area contributed by atoms with Crippen molar-refractivity contribution in [2.75, 3.05) is 0 Å². The van der Waals surface area contributed by atoms with Crippen LogP contribution < -0.4 is 0 Å². The first-order valence-corrected chi connectivity index (χ1v) is 10.8. The molecule has 0 radical (unpaired) electrons. The zero-order valence-electron chi connectivity index (χ0n) is 18.2. The second kappa shape index (κ2) is 7.41. The molecule has 1 aliphatic carbocycles. The predicted molar refractivity (Wildman–Crippen MR) is 119 cm³/mol. The van der Waals surface area contributed by atoms with Crippen molar-refractivity contribution in [1.82, 2.24) is 14.8 Å². The van der Waals surface area contributed by atoms with Crippen LogP contribution in [0.3, 0.4) is 0 Å². The molecule has 168 valence electrons. The Labute approximate surface area is 188 Å². The van der Waals surface area contributed by atoms with Crippen LogP contribution in [0, 0.1) is 28.9 Å². The number of carboxylic acids is 1. The lowest BCUT2D eigenvalue weighted by Gasteiger charge is -2.36. The fourth-order valence-electron chi connectivity index (χ4n) is 5.09. The number of carbonyl (C=O) groups is 1. The van der Waals surface area contributed by atoms with Crippen LogP contribution in [0.1, 0.15) is 50.3 Å². The van der Waals surface area contributed by atoms with Gasteiger partial charge in [0.25, 0.3) is 0 Å². The number of rotatable bonds is 5. The highest BCUT2D eigenvalue weighted by Gasteiger charge is 2.42. The van der Waals surface area contributed by atoms with Crippen LogP contribution >= 0.6 is 0 Å². The van der Waals surface area contributed by atoms with Crippen molar-refractivity contribution in [1.29, 1.82) is 5.26 Å². The van der Waals surface area contributed by atoms with Gasteiger partial charge in [-0.1, -0.05) is 13.8 Å². The molecule has 2 aromatic carbocycles. The van der Waals surface area contributed by atoms with E-state index in [2.05, 4.69) is 16.3 Å². The van der Waals surface area contributed by atoms with E-state index in [0.29, 0.717) is 34.8 Å². The molecule has 0 spiro atoms. The molecule has 0 bridgehead atoms. The van der Waals surface area contributed by atoms with Gasteiger partial charge in [-0.15, -0.1) is 0 Å². The maximum Gasteiger partial charge on any atom is 0.306 e. The molecular formula is C25H22F2N4O2. The summed E-state index contributed by atoms with van der Waals surface area (Å²) in [4.78, 5) is 11.5. The number of halogens is 2. The monoisotopic (exact) mass is 448 g/mol. The maximum absolute atomic E-state index is 16.0. The number of hydrogen-bond donors (Lipinski definition) is 2. The summed E-state index contributed by atoms with van der Waals surface area (Å²) in [5.41, 5.74) is 2.30. The summed E-state index contributed by atoms with van der Waals surface area (Å²) in [5.74, 6) is -2.35. The van der Waals surface area contributed by atoms with Crippen molar-refractivity contribution in [2.45, 2.75) is 44.4 Å². The molecule has 6 nitrogen and oxygen atoms in total. The highest BCUT2D eigenvalue weighted by atomic mass is 19.1. The lowest BCUT2D eigenvalue weighted by Crippen LogP contribution is -2.31. The molecule has 4 aromatic rings. The van der Waals surface area contributed by atoms with Gasteiger partial charge in [-0.3, -0.25) is 9.89 Å². The summed E-state index contributed by atoms with van der Waals surface area (Å²) in [6.45, 7) is 3.85. The van der Waals surface area contributed by atoms with Crippen molar-refractivity contribution in [3.05, 3.63) is 59.4 Å². The number of benzene rings is 2. The Kier molecular flexibility index (Phi) is 4.74. The third-order valence-corrected chi connectivity index (χ3v) is 6.79. The number of aromatic amines is 1. The SMILES string of the molecule is CC(C)(CC#N)c1c([C@H]2C[C@H](C(=O)O)C2)c2c(F)c3[nH]ncc3cc2n1-c1ccc(F)cc1. The number of hydrogen-bond acceptors (Lipinski definition) is 3. The molecule has 1 fully saturated rings. The van der Waals surface area contributed by atoms with Crippen LogP contribution in [0.5, 0.6) is 0 Å². The number of fused-ring (bicyclic) bond motifs is 2. The van der Waals surface area contributed by atoms with E-state index >= 15 is 4.39 Å². The molecule has 33 heavy (non-hydrogen) atoms. The third kappa shape index (κ3) is 3.18. The van der Waals surface area contributed by atoms with Crippen LogP contribution in [0.25, 0.3) is 27.5 Å². The summed E-state index contributed by atoms with van der Waals surface area (Å²) >= 11 is 0. The first kappa shape index (κ1) is 21.1. The van der Waals surface area contributed by atoms with Gasteiger partial charge in [0, 0.05) is 34.0 Å². The third-order valence-electron chi connectivity index (χ3n) is 6.79. The van der Waals surface area contributed by atoms with Gasteiger partial charge in [0.05, 0.1) is 23.7 Å². The molecule has 2 N–H and O–H groups in total. The molecule has 1 saturated carbocycles. The van der Waals surface area contributed by atoms with Crippen LogP contribution in [0.2, 0.25) is 0 Å². The Balaban J connectivity index is 1.90. The number of carboxylic acid groups (broad SMARTS) is 1. The van der Waals surface area contributed by atoms with E-state index in [0.717, 1.165) is 11.3 Å². The highest BCUT2D eigenvalue weighted by Crippen LogP contribution is 2.51. The smallest absolute Gasteiger partial charge is 0.306 e. The van der Waals surface area contributed by atoms with Gasteiger partial charge in [-0.05, 0) is 54.7 Å². The minimum Gasteiger partial charge on any atom is -0.481 e. The standard InChI is InChI=1S/C25H22F2N4O2/c1-25(2,7-8-28)23-19(13-9-14(10-13)24(32)33)20-18(11-15-12-29-30-22(15)21(20)27)31(23)17-5-3-16(26)4-6-17/h3-6,11-14H,7,9-10H2,1-2H3,(H,29,30)(H,32,33)/t13-,14-. The second-order valence-corrected chi connectivity index (χ2v) is 9.42. The minimum absolute atomic E-state index is 0.168. The number of nitrogens with one attached hydrogen (secondary N) is 1. The Morgan fingerprint density at radius 2 is 2.00 bits per heavy atom. The molecule has 5 rings (SSSR count). The molecule has 8 heteroatoms. The predicted octanol–water partition coefficient (Wildman–Crippen LogP) is 5.55. The van der Waals surface area contributed by atoms with Crippen LogP contribution in [0.4, 0.5) is 8.78 Å². The molecule has 1 aliphatic rings. The summed E-state index contributed by atoms with van der Waals surface area (Å²) < 4.78 is 31.6. The van der Waals surface area contributed by atoms with Crippen LogP contribution in [-0.4, -0.2) is 25.8 Å². The average Bonchev–Trinajstić information content (AvgIpc) is 3.31. The number of aliphatic carboxylic acids is 1. The maximum atomic E-state index is 16.0. The number of nitrogens with zero attached hydrogens (tertiary/aromatic N) is 3. The van der Waals surface area contributed by atoms with Crippen LogP contribution in [0.15, 0.2) is 36.5 Å². The number of aromatic nitrogens is 3. The molecule has 2 aromatic heterocycles. The normalized spacial score (nSPS) is 18.4. The Morgan fingerprint density at radius 1 is 1.30 bits per heavy atom. The summed E-state index contributed by atoms with van der Waals surface area (Å²) in [7, 11) is 0. The number of H-pyrrole nitrogens is 1. The fraction of sp³-hybridized carbons (Fsp3) is 0.320. The van der Waals surface area contributed by atoms with Gasteiger partial charge >= 0.3 is 5.97 Å². The lowest BCUT2D eigenvalue weighted by molar-refractivity contribution is -0.145. The van der Waals surface area contributed by atoms with E-state index in [1.807, 2.05) is 24.5 Å².